The average molecular weight is 473 g/mol. The van der Waals surface area contributed by atoms with Crippen LogP contribution in [0.4, 0.5) is 0 Å². The predicted octanol–water partition coefficient (Wildman–Crippen LogP) is 7.51. The number of hydrogen-bond donors (Lipinski definition) is 0. The van der Waals surface area contributed by atoms with Gasteiger partial charge in [0.15, 0.2) is 0 Å². The summed E-state index contributed by atoms with van der Waals surface area (Å²) in [5, 5.41) is 0. The summed E-state index contributed by atoms with van der Waals surface area (Å²) in [5.41, 5.74) is 0. The summed E-state index contributed by atoms with van der Waals surface area (Å²) in [4.78, 5) is 0. The van der Waals surface area contributed by atoms with E-state index in [9.17, 15) is 0 Å². The SMILES string of the molecule is CCCCCCCCCCCCC(C)[Te](Cl)(Cl)c1ccccc1. The van der Waals surface area contributed by atoms with Gasteiger partial charge in [-0.15, -0.1) is 0 Å². The molecule has 0 spiro atoms. The van der Waals surface area contributed by atoms with E-state index in [0.717, 1.165) is 0 Å². The van der Waals surface area contributed by atoms with Gasteiger partial charge in [-0.05, 0) is 0 Å². The maximum atomic E-state index is 6.79. The summed E-state index contributed by atoms with van der Waals surface area (Å²) in [5.74, 6) is 0. The van der Waals surface area contributed by atoms with Gasteiger partial charge in [0.05, 0.1) is 0 Å². The summed E-state index contributed by atoms with van der Waals surface area (Å²) < 4.78 is 1.68. The first-order valence-corrected chi connectivity index (χ1v) is 17.8. The average Bonchev–Trinajstić information content (AvgIpc) is 2.57. The summed E-state index contributed by atoms with van der Waals surface area (Å²) in [7, 11) is 13.6. The molecular formula is C20H34Cl2Te. The first kappa shape index (κ1) is 21.6. The molecule has 3 heteroatoms. The normalized spacial score (nSPS) is 13.9. The van der Waals surface area contributed by atoms with Gasteiger partial charge in [0.1, 0.15) is 0 Å². The zero-order chi connectivity index (χ0) is 17.0. The van der Waals surface area contributed by atoms with E-state index in [1.165, 1.54) is 74.2 Å². The molecule has 1 atom stereocenters. The van der Waals surface area contributed by atoms with Crippen LogP contribution in [0.2, 0.25) is 3.97 Å². The van der Waals surface area contributed by atoms with Crippen LogP contribution >= 0.6 is 17.9 Å². The van der Waals surface area contributed by atoms with E-state index in [2.05, 4.69) is 26.0 Å². The van der Waals surface area contributed by atoms with Crippen LogP contribution in [-0.2, 0) is 0 Å². The second-order valence-corrected chi connectivity index (χ2v) is 20.7. The molecule has 0 radical (unpaired) electrons. The van der Waals surface area contributed by atoms with Gasteiger partial charge >= 0.3 is 149 Å². The Morgan fingerprint density at radius 2 is 1.26 bits per heavy atom. The van der Waals surface area contributed by atoms with E-state index in [1.54, 1.807) is 0 Å². The molecule has 1 unspecified atom stereocenters. The molecule has 134 valence electrons. The molecule has 0 saturated heterocycles. The fourth-order valence-electron chi connectivity index (χ4n) is 2.90. The Hall–Kier alpha value is 0.590. The van der Waals surface area contributed by atoms with E-state index in [4.69, 9.17) is 17.9 Å². The van der Waals surface area contributed by atoms with Crippen molar-refractivity contribution in [2.45, 2.75) is 88.4 Å². The van der Waals surface area contributed by atoms with Crippen molar-refractivity contribution in [1.82, 2.24) is 0 Å². The Morgan fingerprint density at radius 3 is 1.78 bits per heavy atom. The molecule has 0 nitrogen and oxygen atoms in total. The monoisotopic (exact) mass is 474 g/mol. The van der Waals surface area contributed by atoms with Gasteiger partial charge in [0.25, 0.3) is 0 Å². The Bertz CT molecular complexity index is 392. The zero-order valence-electron chi connectivity index (χ0n) is 14.9. The second-order valence-electron chi connectivity index (χ2n) is 6.60. The minimum absolute atomic E-state index is 0.470. The molecule has 1 aromatic carbocycles. The fourth-order valence-corrected chi connectivity index (χ4v) is 9.61. The van der Waals surface area contributed by atoms with E-state index in [-0.39, 0.29) is 0 Å². The van der Waals surface area contributed by atoms with E-state index < -0.39 is 15.9 Å². The number of hydrogen-bond acceptors (Lipinski definition) is 0. The van der Waals surface area contributed by atoms with E-state index in [1.807, 2.05) is 18.2 Å². The number of halogens is 2. The first-order valence-electron chi connectivity index (χ1n) is 9.35. The molecule has 0 N–H and O–H groups in total. The van der Waals surface area contributed by atoms with Crippen molar-refractivity contribution in [3.63, 3.8) is 0 Å². The zero-order valence-corrected chi connectivity index (χ0v) is 18.7. The van der Waals surface area contributed by atoms with Gasteiger partial charge in [-0.2, -0.15) is 0 Å². The molecular weight excluding hydrogens is 439 g/mol. The molecule has 0 bridgehead atoms. The predicted molar refractivity (Wildman–Crippen MR) is 109 cm³/mol. The summed E-state index contributed by atoms with van der Waals surface area (Å²) in [6.07, 6.45) is 15.0. The van der Waals surface area contributed by atoms with Crippen LogP contribution < -0.4 is 3.61 Å². The molecule has 0 fully saturated rings. The Labute approximate surface area is 155 Å². The van der Waals surface area contributed by atoms with Crippen molar-refractivity contribution in [1.29, 1.82) is 0 Å². The fraction of sp³-hybridized carbons (Fsp3) is 0.700. The molecule has 0 amide bonds. The quantitative estimate of drug-likeness (QED) is 0.206. The van der Waals surface area contributed by atoms with E-state index >= 15 is 0 Å². The van der Waals surface area contributed by atoms with Gasteiger partial charge in [0, 0.05) is 0 Å². The van der Waals surface area contributed by atoms with E-state index in [0.29, 0.717) is 3.97 Å². The Morgan fingerprint density at radius 1 is 0.783 bits per heavy atom. The molecule has 0 heterocycles. The van der Waals surface area contributed by atoms with Crippen molar-refractivity contribution in [3.05, 3.63) is 30.3 Å². The minimum atomic E-state index is -2.91. The summed E-state index contributed by atoms with van der Waals surface area (Å²) in [6.45, 7) is 4.53. The standard InChI is InChI=1S/C20H34Cl2Te/c1-3-4-5-6-7-8-9-10-11-13-16-19(2)23(21,22)20-17-14-12-15-18-20/h12,14-15,17-19H,3-11,13,16H2,1-2H3. The van der Waals surface area contributed by atoms with Crippen molar-refractivity contribution in [3.8, 4) is 0 Å². The van der Waals surface area contributed by atoms with Crippen LogP contribution in [0.3, 0.4) is 0 Å². The van der Waals surface area contributed by atoms with Crippen LogP contribution in [0.1, 0.15) is 84.5 Å². The Kier molecular flexibility index (Phi) is 12.1. The van der Waals surface area contributed by atoms with Crippen LogP contribution in [0.15, 0.2) is 30.3 Å². The van der Waals surface area contributed by atoms with Gasteiger partial charge in [-0.25, -0.2) is 0 Å². The molecule has 23 heavy (non-hydrogen) atoms. The molecule has 0 aliphatic heterocycles. The summed E-state index contributed by atoms with van der Waals surface area (Å²) >= 11 is -2.91. The molecule has 0 aromatic heterocycles. The van der Waals surface area contributed by atoms with Crippen molar-refractivity contribution in [2.75, 3.05) is 0 Å². The molecule has 1 aromatic rings. The number of unbranched alkanes of at least 4 members (excludes halogenated alkanes) is 9. The molecule has 0 aliphatic rings. The summed E-state index contributed by atoms with van der Waals surface area (Å²) in [6, 6.07) is 10.3. The topological polar surface area (TPSA) is 0 Å². The third-order valence-electron chi connectivity index (χ3n) is 4.53. The Balaban J connectivity index is 2.09. The van der Waals surface area contributed by atoms with Gasteiger partial charge in [-0.1, -0.05) is 6.92 Å². The first-order chi connectivity index (χ1) is 11.1. The third kappa shape index (κ3) is 9.02. The number of benzene rings is 1. The third-order valence-corrected chi connectivity index (χ3v) is 17.1. The number of rotatable bonds is 13. The van der Waals surface area contributed by atoms with Gasteiger partial charge in [-0.3, -0.25) is 0 Å². The van der Waals surface area contributed by atoms with Gasteiger partial charge < -0.3 is 0 Å². The van der Waals surface area contributed by atoms with Crippen LogP contribution in [0.25, 0.3) is 0 Å². The maximum absolute atomic E-state index is 6.79. The molecule has 0 aliphatic carbocycles. The van der Waals surface area contributed by atoms with Gasteiger partial charge in [0.2, 0.25) is 0 Å². The van der Waals surface area contributed by atoms with Crippen LogP contribution in [0, 0.1) is 0 Å². The molecule has 0 saturated carbocycles. The van der Waals surface area contributed by atoms with Crippen molar-refractivity contribution in [2.24, 2.45) is 0 Å². The molecule has 1 rings (SSSR count). The van der Waals surface area contributed by atoms with Crippen molar-refractivity contribution >= 4 is 37.5 Å². The van der Waals surface area contributed by atoms with Crippen LogP contribution in [-0.4, -0.2) is 15.9 Å². The van der Waals surface area contributed by atoms with Crippen molar-refractivity contribution < 1.29 is 0 Å². The second kappa shape index (κ2) is 12.9. The van der Waals surface area contributed by atoms with Crippen LogP contribution in [0.5, 0.6) is 0 Å².